The largest absolute Gasteiger partial charge is 0.370 e. The molecular formula is C12H24IN3. The maximum absolute atomic E-state index is 5.84. The number of halogens is 1. The number of guanidine groups is 1. The average Bonchev–Trinajstić information content (AvgIpc) is 3.04. The smallest absolute Gasteiger partial charge is 0.188 e. The summed E-state index contributed by atoms with van der Waals surface area (Å²) < 4.78 is 0. The van der Waals surface area contributed by atoms with Gasteiger partial charge in [-0.2, -0.15) is 0 Å². The summed E-state index contributed by atoms with van der Waals surface area (Å²) in [5, 5.41) is 3.22. The maximum Gasteiger partial charge on any atom is 0.188 e. The van der Waals surface area contributed by atoms with E-state index in [4.69, 9.17) is 5.73 Å². The Morgan fingerprint density at radius 2 is 2.12 bits per heavy atom. The second-order valence-electron chi connectivity index (χ2n) is 5.29. The van der Waals surface area contributed by atoms with E-state index < -0.39 is 0 Å². The Bertz CT molecular complexity index is 257. The van der Waals surface area contributed by atoms with Crippen LogP contribution in [0.25, 0.3) is 0 Å². The lowest BCUT2D eigenvalue weighted by molar-refractivity contribution is 0.452. The van der Waals surface area contributed by atoms with Crippen molar-refractivity contribution in [1.82, 2.24) is 5.32 Å². The summed E-state index contributed by atoms with van der Waals surface area (Å²) in [5.74, 6) is 1.61. The van der Waals surface area contributed by atoms with Crippen LogP contribution in [0.1, 0.15) is 46.0 Å². The molecule has 0 aromatic heterocycles. The Morgan fingerprint density at radius 3 is 2.56 bits per heavy atom. The van der Waals surface area contributed by atoms with Crippen LogP contribution in [0.3, 0.4) is 0 Å². The SMILES string of the molecule is CCC(C)NC(N)=NCC1(C2CC2)CC1.I. The first-order valence-corrected chi connectivity index (χ1v) is 6.23. The van der Waals surface area contributed by atoms with Crippen LogP contribution in [0.4, 0.5) is 0 Å². The van der Waals surface area contributed by atoms with Crippen LogP contribution >= 0.6 is 24.0 Å². The standard InChI is InChI=1S/C12H23N3.HI/c1-3-9(2)15-11(13)14-8-12(6-7-12)10-4-5-10;/h9-10H,3-8H2,1-2H3,(H3,13,14,15);1H. The summed E-state index contributed by atoms with van der Waals surface area (Å²) in [6.45, 7) is 5.24. The van der Waals surface area contributed by atoms with Gasteiger partial charge in [0.05, 0.1) is 0 Å². The van der Waals surface area contributed by atoms with E-state index in [1.807, 2.05) is 0 Å². The lowest BCUT2D eigenvalue weighted by atomic mass is 10.0. The molecule has 0 saturated heterocycles. The molecule has 0 aromatic carbocycles. The summed E-state index contributed by atoms with van der Waals surface area (Å²) in [4.78, 5) is 4.49. The maximum atomic E-state index is 5.84. The number of nitrogens with one attached hydrogen (secondary N) is 1. The fraction of sp³-hybridized carbons (Fsp3) is 0.917. The van der Waals surface area contributed by atoms with Crippen molar-refractivity contribution in [3.05, 3.63) is 0 Å². The quantitative estimate of drug-likeness (QED) is 0.460. The summed E-state index contributed by atoms with van der Waals surface area (Å²) >= 11 is 0. The number of nitrogens with zero attached hydrogens (tertiary/aromatic N) is 1. The summed E-state index contributed by atoms with van der Waals surface area (Å²) in [6, 6.07) is 0.435. The van der Waals surface area contributed by atoms with Crippen LogP contribution < -0.4 is 11.1 Å². The second kappa shape index (κ2) is 5.56. The number of hydrogen-bond donors (Lipinski definition) is 2. The summed E-state index contributed by atoms with van der Waals surface area (Å²) in [6.07, 6.45) is 6.68. The molecule has 0 heterocycles. The van der Waals surface area contributed by atoms with Crippen molar-refractivity contribution in [3.63, 3.8) is 0 Å². The Kier molecular flexibility index (Phi) is 4.88. The monoisotopic (exact) mass is 337 g/mol. The van der Waals surface area contributed by atoms with E-state index in [0.717, 1.165) is 18.9 Å². The van der Waals surface area contributed by atoms with E-state index in [0.29, 0.717) is 17.4 Å². The highest BCUT2D eigenvalue weighted by molar-refractivity contribution is 14.0. The molecule has 0 aromatic rings. The lowest BCUT2D eigenvalue weighted by Crippen LogP contribution is -2.38. The van der Waals surface area contributed by atoms with Gasteiger partial charge in [-0.25, -0.2) is 0 Å². The van der Waals surface area contributed by atoms with Gasteiger partial charge in [0.15, 0.2) is 5.96 Å². The Balaban J connectivity index is 0.00000128. The molecule has 0 aliphatic heterocycles. The fourth-order valence-electron chi connectivity index (χ4n) is 2.19. The van der Waals surface area contributed by atoms with Crippen molar-refractivity contribution in [1.29, 1.82) is 0 Å². The molecular weight excluding hydrogens is 313 g/mol. The Hall–Kier alpha value is 0. The third-order valence-corrected chi connectivity index (χ3v) is 3.91. The third kappa shape index (κ3) is 3.50. The first-order chi connectivity index (χ1) is 7.16. The van der Waals surface area contributed by atoms with E-state index >= 15 is 0 Å². The molecule has 0 radical (unpaired) electrons. The highest BCUT2D eigenvalue weighted by Crippen LogP contribution is 2.61. The first-order valence-electron chi connectivity index (χ1n) is 6.23. The minimum atomic E-state index is 0. The predicted octanol–water partition coefficient (Wildman–Crippen LogP) is 2.50. The van der Waals surface area contributed by atoms with Gasteiger partial charge in [0.25, 0.3) is 0 Å². The molecule has 2 aliphatic rings. The van der Waals surface area contributed by atoms with E-state index in [1.165, 1.54) is 25.7 Å². The summed E-state index contributed by atoms with van der Waals surface area (Å²) in [7, 11) is 0. The molecule has 0 bridgehead atoms. The highest BCUT2D eigenvalue weighted by Gasteiger charge is 2.53. The average molecular weight is 337 g/mol. The molecule has 2 fully saturated rings. The zero-order chi connectivity index (χ0) is 10.9. The molecule has 4 heteroatoms. The Morgan fingerprint density at radius 1 is 1.50 bits per heavy atom. The van der Waals surface area contributed by atoms with Gasteiger partial charge in [0.1, 0.15) is 0 Å². The molecule has 2 saturated carbocycles. The van der Waals surface area contributed by atoms with Crippen LogP contribution in [-0.4, -0.2) is 18.5 Å². The van der Waals surface area contributed by atoms with Gasteiger partial charge in [-0.05, 0) is 50.4 Å². The molecule has 3 nitrogen and oxygen atoms in total. The van der Waals surface area contributed by atoms with Crippen LogP contribution in [0.15, 0.2) is 4.99 Å². The van der Waals surface area contributed by atoms with Gasteiger partial charge < -0.3 is 11.1 Å². The number of nitrogens with two attached hydrogens (primary N) is 1. The van der Waals surface area contributed by atoms with Gasteiger partial charge in [-0.15, -0.1) is 24.0 Å². The van der Waals surface area contributed by atoms with Crippen molar-refractivity contribution < 1.29 is 0 Å². The van der Waals surface area contributed by atoms with Crippen molar-refractivity contribution in [2.45, 2.75) is 52.0 Å². The fourth-order valence-corrected chi connectivity index (χ4v) is 2.19. The predicted molar refractivity (Wildman–Crippen MR) is 79.2 cm³/mol. The van der Waals surface area contributed by atoms with Crippen molar-refractivity contribution >= 4 is 29.9 Å². The molecule has 1 atom stereocenters. The van der Waals surface area contributed by atoms with Crippen molar-refractivity contribution in [2.24, 2.45) is 22.1 Å². The van der Waals surface area contributed by atoms with E-state index in [2.05, 4.69) is 24.2 Å². The highest BCUT2D eigenvalue weighted by atomic mass is 127. The van der Waals surface area contributed by atoms with Crippen LogP contribution in [0.2, 0.25) is 0 Å². The minimum absolute atomic E-state index is 0. The van der Waals surface area contributed by atoms with Crippen molar-refractivity contribution in [3.8, 4) is 0 Å². The molecule has 94 valence electrons. The van der Waals surface area contributed by atoms with E-state index in [-0.39, 0.29) is 24.0 Å². The van der Waals surface area contributed by atoms with Gasteiger partial charge in [0.2, 0.25) is 0 Å². The van der Waals surface area contributed by atoms with Crippen molar-refractivity contribution in [2.75, 3.05) is 6.54 Å². The number of aliphatic imine (C=N–C) groups is 1. The molecule has 1 unspecified atom stereocenters. The first kappa shape index (κ1) is 14.1. The molecule has 16 heavy (non-hydrogen) atoms. The Labute approximate surface area is 116 Å². The number of rotatable bonds is 5. The molecule has 0 spiro atoms. The number of hydrogen-bond acceptors (Lipinski definition) is 1. The zero-order valence-electron chi connectivity index (χ0n) is 10.3. The zero-order valence-corrected chi connectivity index (χ0v) is 12.7. The molecule has 3 N–H and O–H groups in total. The normalized spacial score (nSPS) is 24.5. The molecule has 2 aliphatic carbocycles. The van der Waals surface area contributed by atoms with Crippen LogP contribution in [-0.2, 0) is 0 Å². The molecule has 0 amide bonds. The minimum Gasteiger partial charge on any atom is -0.370 e. The van der Waals surface area contributed by atoms with Crippen LogP contribution in [0.5, 0.6) is 0 Å². The topological polar surface area (TPSA) is 50.4 Å². The van der Waals surface area contributed by atoms with Gasteiger partial charge in [0, 0.05) is 12.6 Å². The van der Waals surface area contributed by atoms with Crippen LogP contribution in [0, 0.1) is 11.3 Å². The van der Waals surface area contributed by atoms with Gasteiger partial charge in [-0.1, -0.05) is 6.92 Å². The summed E-state index contributed by atoms with van der Waals surface area (Å²) in [5.41, 5.74) is 6.42. The van der Waals surface area contributed by atoms with Gasteiger partial charge in [-0.3, -0.25) is 4.99 Å². The third-order valence-electron chi connectivity index (χ3n) is 3.91. The second-order valence-corrected chi connectivity index (χ2v) is 5.29. The lowest BCUT2D eigenvalue weighted by Gasteiger charge is -2.14. The van der Waals surface area contributed by atoms with E-state index in [9.17, 15) is 0 Å². The van der Waals surface area contributed by atoms with Gasteiger partial charge >= 0.3 is 0 Å². The van der Waals surface area contributed by atoms with E-state index in [1.54, 1.807) is 0 Å². The molecule has 2 rings (SSSR count).